The van der Waals surface area contributed by atoms with E-state index in [1.54, 1.807) is 21.7 Å². The lowest BCUT2D eigenvalue weighted by molar-refractivity contribution is 0.0284. The highest BCUT2D eigenvalue weighted by Crippen LogP contribution is 2.42. The Bertz CT molecular complexity index is 1590. The molecule has 11 heteroatoms. The number of carbonyl (C=O) groups excluding carboxylic acids is 1. The Kier molecular flexibility index (Phi) is 7.55. The number of hydrogen-bond donors (Lipinski definition) is 1. The zero-order valence-electron chi connectivity index (χ0n) is 25.4. The van der Waals surface area contributed by atoms with Crippen LogP contribution in [-0.4, -0.2) is 66.2 Å². The summed E-state index contributed by atoms with van der Waals surface area (Å²) < 4.78 is 15.2. The lowest BCUT2D eigenvalue weighted by atomic mass is 9.77. The maximum Gasteiger partial charge on any atom is 0.420 e. The minimum atomic E-state index is -0.922. The third kappa shape index (κ3) is 5.47. The molecule has 1 unspecified atom stereocenters. The smallest absolute Gasteiger partial charge is 0.420 e. The Balaban J connectivity index is 1.73. The molecule has 5 rings (SSSR count). The van der Waals surface area contributed by atoms with Crippen LogP contribution in [0.15, 0.2) is 48.8 Å². The van der Waals surface area contributed by atoms with Gasteiger partial charge >= 0.3 is 12.2 Å². The molecule has 0 bridgehead atoms. The van der Waals surface area contributed by atoms with Crippen LogP contribution in [0, 0.1) is 5.41 Å². The summed E-state index contributed by atoms with van der Waals surface area (Å²) in [5, 5.41) is 15.3. The molecular weight excluding hydrogens is 536 g/mol. The van der Waals surface area contributed by atoms with E-state index in [9.17, 15) is 14.7 Å². The SMILES string of the molecule is CCOc1ccc(N(C(=O)OC(C)(C)C)c2c3ccn(C4CCCN(C(=O)O)[C@H]4C(C)(C)C)c3nc3ccnn23)cc1. The normalized spacial score (nSPS) is 17.9. The summed E-state index contributed by atoms with van der Waals surface area (Å²) in [5.74, 6) is 1.17. The fraction of sp³-hybridized carbons (Fsp3) is 0.484. The van der Waals surface area contributed by atoms with Crippen LogP contribution < -0.4 is 9.64 Å². The summed E-state index contributed by atoms with van der Waals surface area (Å²) in [5.41, 5.74) is 0.699. The van der Waals surface area contributed by atoms with Gasteiger partial charge in [-0.1, -0.05) is 20.8 Å². The van der Waals surface area contributed by atoms with Crippen LogP contribution in [0.2, 0.25) is 0 Å². The van der Waals surface area contributed by atoms with Crippen molar-refractivity contribution in [3.8, 4) is 5.75 Å². The number of carboxylic acid groups (broad SMARTS) is 1. The van der Waals surface area contributed by atoms with Gasteiger partial charge in [-0.2, -0.15) is 9.61 Å². The second kappa shape index (κ2) is 10.8. The van der Waals surface area contributed by atoms with Crippen molar-refractivity contribution in [1.82, 2.24) is 24.1 Å². The van der Waals surface area contributed by atoms with E-state index in [1.807, 2.05) is 64.2 Å². The molecule has 2 amide bonds. The van der Waals surface area contributed by atoms with E-state index in [4.69, 9.17) is 14.5 Å². The molecule has 11 nitrogen and oxygen atoms in total. The molecule has 4 heterocycles. The van der Waals surface area contributed by atoms with Crippen LogP contribution in [0.4, 0.5) is 21.1 Å². The van der Waals surface area contributed by atoms with E-state index < -0.39 is 17.8 Å². The first-order chi connectivity index (χ1) is 19.8. The van der Waals surface area contributed by atoms with Gasteiger partial charge in [-0.3, -0.25) is 0 Å². The van der Waals surface area contributed by atoms with E-state index >= 15 is 0 Å². The van der Waals surface area contributed by atoms with Gasteiger partial charge in [-0.15, -0.1) is 0 Å². The number of anilines is 2. The second-order valence-corrected chi connectivity index (χ2v) is 12.7. The van der Waals surface area contributed by atoms with Gasteiger partial charge in [0.2, 0.25) is 0 Å². The monoisotopic (exact) mass is 576 g/mol. The van der Waals surface area contributed by atoms with Crippen LogP contribution in [0.1, 0.15) is 67.3 Å². The van der Waals surface area contributed by atoms with Gasteiger partial charge < -0.3 is 24.0 Å². The molecule has 224 valence electrons. The molecule has 2 atom stereocenters. The fourth-order valence-corrected chi connectivity index (χ4v) is 5.99. The minimum absolute atomic E-state index is 0.154. The zero-order valence-corrected chi connectivity index (χ0v) is 25.4. The van der Waals surface area contributed by atoms with Crippen LogP contribution in [0.3, 0.4) is 0 Å². The number of benzene rings is 1. The predicted octanol–water partition coefficient (Wildman–Crippen LogP) is 6.89. The van der Waals surface area contributed by atoms with E-state index in [0.29, 0.717) is 47.1 Å². The Morgan fingerprint density at radius 2 is 1.79 bits per heavy atom. The van der Waals surface area contributed by atoms with Crippen molar-refractivity contribution >= 4 is 40.4 Å². The molecule has 0 aliphatic carbocycles. The fourth-order valence-electron chi connectivity index (χ4n) is 5.99. The topological polar surface area (TPSA) is 114 Å². The van der Waals surface area contributed by atoms with Crippen molar-refractivity contribution in [2.45, 2.75) is 79.0 Å². The van der Waals surface area contributed by atoms with Crippen LogP contribution in [-0.2, 0) is 4.74 Å². The quantitative estimate of drug-likeness (QED) is 0.275. The highest BCUT2D eigenvalue weighted by atomic mass is 16.6. The summed E-state index contributed by atoms with van der Waals surface area (Å²) in [6.07, 6.45) is 3.64. The Hall–Kier alpha value is -4.28. The first-order valence-electron chi connectivity index (χ1n) is 14.4. The average Bonchev–Trinajstić information content (AvgIpc) is 3.54. The van der Waals surface area contributed by atoms with Crippen LogP contribution >= 0.6 is 0 Å². The number of nitrogens with zero attached hydrogens (tertiary/aromatic N) is 6. The number of rotatable bonds is 5. The van der Waals surface area contributed by atoms with Crippen LogP contribution in [0.5, 0.6) is 5.75 Å². The molecule has 3 aromatic heterocycles. The van der Waals surface area contributed by atoms with Gasteiger partial charge in [0.25, 0.3) is 0 Å². The van der Waals surface area contributed by atoms with Crippen molar-refractivity contribution < 1.29 is 24.2 Å². The van der Waals surface area contributed by atoms with E-state index in [1.165, 1.54) is 4.90 Å². The Morgan fingerprint density at radius 1 is 1.07 bits per heavy atom. The number of aromatic nitrogens is 4. The highest BCUT2D eigenvalue weighted by molar-refractivity contribution is 6.04. The van der Waals surface area contributed by atoms with Gasteiger partial charge in [0.05, 0.1) is 36.0 Å². The molecular formula is C31H40N6O5. The van der Waals surface area contributed by atoms with E-state index in [2.05, 4.69) is 30.4 Å². The zero-order chi connectivity index (χ0) is 30.4. The number of fused-ring (bicyclic) bond motifs is 2. The van der Waals surface area contributed by atoms with Crippen molar-refractivity contribution in [2.24, 2.45) is 5.41 Å². The molecule has 4 aromatic rings. The van der Waals surface area contributed by atoms with Crippen LogP contribution in [0.25, 0.3) is 16.7 Å². The number of likely N-dealkylation sites (tertiary alicyclic amines) is 1. The first-order valence-corrected chi connectivity index (χ1v) is 14.4. The number of hydrogen-bond acceptors (Lipinski definition) is 6. The molecule has 1 fully saturated rings. The predicted molar refractivity (Wildman–Crippen MR) is 161 cm³/mol. The molecule has 1 saturated heterocycles. The number of amides is 2. The third-order valence-electron chi connectivity index (χ3n) is 7.46. The van der Waals surface area contributed by atoms with Crippen molar-refractivity contribution in [3.63, 3.8) is 0 Å². The van der Waals surface area contributed by atoms with E-state index in [-0.39, 0.29) is 17.5 Å². The first kappa shape index (κ1) is 29.2. The summed E-state index contributed by atoms with van der Waals surface area (Å²) >= 11 is 0. The minimum Gasteiger partial charge on any atom is -0.494 e. The largest absolute Gasteiger partial charge is 0.494 e. The third-order valence-corrected chi connectivity index (χ3v) is 7.46. The number of piperidine rings is 1. The Labute approximate surface area is 245 Å². The van der Waals surface area contributed by atoms with Gasteiger partial charge in [-0.05, 0) is 76.3 Å². The van der Waals surface area contributed by atoms with Gasteiger partial charge in [0, 0.05) is 18.8 Å². The molecule has 0 saturated carbocycles. The summed E-state index contributed by atoms with van der Waals surface area (Å²) in [7, 11) is 0. The van der Waals surface area contributed by atoms with Gasteiger partial charge in [0.1, 0.15) is 17.0 Å². The molecule has 0 spiro atoms. The summed E-state index contributed by atoms with van der Waals surface area (Å²) in [6, 6.07) is 10.5. The maximum absolute atomic E-state index is 13.9. The van der Waals surface area contributed by atoms with E-state index in [0.717, 1.165) is 12.8 Å². The average molecular weight is 577 g/mol. The molecule has 0 radical (unpaired) electrons. The van der Waals surface area contributed by atoms with Crippen molar-refractivity contribution in [3.05, 3.63) is 48.8 Å². The number of carbonyl (C=O) groups is 2. The summed E-state index contributed by atoms with van der Waals surface area (Å²) in [4.78, 5) is 34.3. The standard InChI is InChI=1S/C31H40N6O5/c1-8-41-21-13-11-20(12-14-21)36(29(40)42-31(5,6)7)27-22-16-19-34(26(22)33-24-15-17-32-37(24)27)23-10-9-18-35(28(38)39)25(23)30(2,3)4/h11-17,19,23,25H,8-10,18H2,1-7H3,(H,38,39)/t23?,25-/m1/s1. The molecule has 1 aliphatic rings. The summed E-state index contributed by atoms with van der Waals surface area (Å²) in [6.45, 7) is 14.6. The van der Waals surface area contributed by atoms with Crippen molar-refractivity contribution in [2.75, 3.05) is 18.1 Å². The van der Waals surface area contributed by atoms with Gasteiger partial charge in [-0.25, -0.2) is 19.5 Å². The molecule has 42 heavy (non-hydrogen) atoms. The lowest BCUT2D eigenvalue weighted by Crippen LogP contribution is -2.54. The highest BCUT2D eigenvalue weighted by Gasteiger charge is 2.43. The Morgan fingerprint density at radius 3 is 2.40 bits per heavy atom. The van der Waals surface area contributed by atoms with Crippen molar-refractivity contribution in [1.29, 1.82) is 0 Å². The molecule has 1 N–H and O–H groups in total. The van der Waals surface area contributed by atoms with Gasteiger partial charge in [0.15, 0.2) is 11.5 Å². The second-order valence-electron chi connectivity index (χ2n) is 12.7. The molecule has 1 aromatic carbocycles. The lowest BCUT2D eigenvalue weighted by Gasteiger charge is -2.47. The number of ether oxygens (including phenoxy) is 2. The molecule has 1 aliphatic heterocycles. The maximum atomic E-state index is 13.9.